The second kappa shape index (κ2) is 7.17. The molecule has 0 bridgehead atoms. The lowest BCUT2D eigenvalue weighted by atomic mass is 10.0. The van der Waals surface area contributed by atoms with Crippen LogP contribution in [0.3, 0.4) is 0 Å². The fourth-order valence-corrected chi connectivity index (χ4v) is 2.94. The highest BCUT2D eigenvalue weighted by Gasteiger charge is 2.12. The average molecular weight is 401 g/mol. The van der Waals surface area contributed by atoms with E-state index in [0.717, 1.165) is 32.2 Å². The molecule has 0 saturated heterocycles. The second-order valence-electron chi connectivity index (χ2n) is 4.33. The normalized spacial score (nSPS) is 12.2. The largest absolute Gasteiger partial charge is 0.496 e. The summed E-state index contributed by atoms with van der Waals surface area (Å²) >= 11 is 6.91. The molecule has 1 aromatic carbocycles. The quantitative estimate of drug-likeness (QED) is 0.596. The molecule has 1 atom stereocenters. The van der Waals surface area contributed by atoms with Gasteiger partial charge >= 0.3 is 0 Å². The van der Waals surface area contributed by atoms with Crippen LogP contribution < -0.4 is 16.0 Å². The zero-order valence-corrected chi connectivity index (χ0v) is 14.1. The number of aromatic nitrogens is 1. The molecule has 0 aliphatic heterocycles. The zero-order valence-electron chi connectivity index (χ0n) is 10.9. The first-order valence-corrected chi connectivity index (χ1v) is 7.61. The summed E-state index contributed by atoms with van der Waals surface area (Å²) in [6.07, 6.45) is 4.33. The Labute approximate surface area is 135 Å². The van der Waals surface area contributed by atoms with Crippen molar-refractivity contribution in [2.75, 3.05) is 7.11 Å². The van der Waals surface area contributed by atoms with Gasteiger partial charge in [0.05, 0.1) is 17.6 Å². The predicted molar refractivity (Wildman–Crippen MR) is 86.4 cm³/mol. The summed E-state index contributed by atoms with van der Waals surface area (Å²) < 4.78 is 7.10. The summed E-state index contributed by atoms with van der Waals surface area (Å²) in [4.78, 5) is 4.17. The van der Waals surface area contributed by atoms with Gasteiger partial charge in [0.2, 0.25) is 0 Å². The number of benzene rings is 1. The SMILES string of the molecule is COc1ccc(CC(NN)c2cncc(Br)c2)cc1Br. The van der Waals surface area contributed by atoms with E-state index in [0.29, 0.717) is 0 Å². The van der Waals surface area contributed by atoms with Gasteiger partial charge in [0.25, 0.3) is 0 Å². The lowest BCUT2D eigenvalue weighted by Gasteiger charge is -2.17. The number of nitrogens with two attached hydrogens (primary N) is 1. The number of pyridine rings is 1. The van der Waals surface area contributed by atoms with Crippen LogP contribution in [0.25, 0.3) is 0 Å². The second-order valence-corrected chi connectivity index (χ2v) is 6.10. The first-order chi connectivity index (χ1) is 9.63. The molecule has 0 saturated carbocycles. The summed E-state index contributed by atoms with van der Waals surface area (Å²) in [5.41, 5.74) is 5.02. The zero-order chi connectivity index (χ0) is 14.5. The molecule has 1 heterocycles. The monoisotopic (exact) mass is 399 g/mol. The Bertz CT molecular complexity index is 592. The topological polar surface area (TPSA) is 60.2 Å². The predicted octanol–water partition coefficient (Wildman–Crippen LogP) is 3.36. The molecule has 0 radical (unpaired) electrons. The first-order valence-electron chi connectivity index (χ1n) is 6.03. The Morgan fingerprint density at radius 3 is 2.70 bits per heavy atom. The van der Waals surface area contributed by atoms with Crippen molar-refractivity contribution in [1.82, 2.24) is 10.4 Å². The fraction of sp³-hybridized carbons (Fsp3) is 0.214. The summed E-state index contributed by atoms with van der Waals surface area (Å²) in [6, 6.07) is 8.01. The lowest BCUT2D eigenvalue weighted by molar-refractivity contribution is 0.412. The molecule has 106 valence electrons. The number of methoxy groups -OCH3 is 1. The molecular weight excluding hydrogens is 386 g/mol. The molecule has 0 spiro atoms. The smallest absolute Gasteiger partial charge is 0.133 e. The van der Waals surface area contributed by atoms with E-state index in [1.165, 1.54) is 0 Å². The fourth-order valence-electron chi connectivity index (χ4n) is 1.96. The molecule has 0 aliphatic rings. The van der Waals surface area contributed by atoms with Gasteiger partial charge < -0.3 is 4.74 Å². The van der Waals surface area contributed by atoms with E-state index in [-0.39, 0.29) is 6.04 Å². The van der Waals surface area contributed by atoms with Crippen molar-refractivity contribution in [2.45, 2.75) is 12.5 Å². The molecule has 3 N–H and O–H groups in total. The highest BCUT2D eigenvalue weighted by molar-refractivity contribution is 9.10. The first kappa shape index (κ1) is 15.4. The Hall–Kier alpha value is -0.950. The molecule has 6 heteroatoms. The van der Waals surface area contributed by atoms with Gasteiger partial charge in [0.15, 0.2) is 0 Å². The molecular formula is C14H15Br2N3O. The van der Waals surface area contributed by atoms with Crippen molar-refractivity contribution in [2.24, 2.45) is 5.84 Å². The van der Waals surface area contributed by atoms with E-state index in [4.69, 9.17) is 10.6 Å². The van der Waals surface area contributed by atoms with Crippen LogP contribution in [0.2, 0.25) is 0 Å². The van der Waals surface area contributed by atoms with Crippen LogP contribution in [0.5, 0.6) is 5.75 Å². The number of rotatable bonds is 5. The van der Waals surface area contributed by atoms with Gasteiger partial charge in [0, 0.05) is 16.9 Å². The minimum Gasteiger partial charge on any atom is -0.496 e. The Balaban J connectivity index is 2.20. The number of halogens is 2. The van der Waals surface area contributed by atoms with Crippen LogP contribution in [0.1, 0.15) is 17.2 Å². The summed E-state index contributed by atoms with van der Waals surface area (Å²) in [6.45, 7) is 0. The number of hydrogen-bond donors (Lipinski definition) is 2. The van der Waals surface area contributed by atoms with E-state index >= 15 is 0 Å². The van der Waals surface area contributed by atoms with Crippen molar-refractivity contribution < 1.29 is 4.74 Å². The molecule has 20 heavy (non-hydrogen) atoms. The Morgan fingerprint density at radius 1 is 1.30 bits per heavy atom. The molecule has 1 aromatic heterocycles. The summed E-state index contributed by atoms with van der Waals surface area (Å²) in [5, 5.41) is 0. The Morgan fingerprint density at radius 2 is 2.10 bits per heavy atom. The van der Waals surface area contributed by atoms with Crippen molar-refractivity contribution in [1.29, 1.82) is 0 Å². The molecule has 4 nitrogen and oxygen atoms in total. The third kappa shape index (κ3) is 3.79. The minimum absolute atomic E-state index is 0.000273. The maximum atomic E-state index is 5.67. The number of ether oxygens (including phenoxy) is 1. The third-order valence-corrected chi connectivity index (χ3v) is 4.04. The van der Waals surface area contributed by atoms with Gasteiger partial charge in [-0.25, -0.2) is 0 Å². The Kier molecular flexibility index (Phi) is 5.54. The maximum Gasteiger partial charge on any atom is 0.133 e. The van der Waals surface area contributed by atoms with Crippen molar-refractivity contribution >= 4 is 31.9 Å². The van der Waals surface area contributed by atoms with Crippen LogP contribution in [-0.2, 0) is 6.42 Å². The van der Waals surface area contributed by atoms with E-state index < -0.39 is 0 Å². The van der Waals surface area contributed by atoms with Crippen molar-refractivity contribution in [3.05, 3.63) is 56.7 Å². The highest BCUT2D eigenvalue weighted by Crippen LogP contribution is 2.28. The average Bonchev–Trinajstić information content (AvgIpc) is 2.45. The number of hydrazine groups is 1. The lowest BCUT2D eigenvalue weighted by Crippen LogP contribution is -2.29. The minimum atomic E-state index is 0.000273. The van der Waals surface area contributed by atoms with Gasteiger partial charge in [-0.15, -0.1) is 0 Å². The van der Waals surface area contributed by atoms with Gasteiger partial charge in [-0.3, -0.25) is 16.3 Å². The van der Waals surface area contributed by atoms with E-state index in [9.17, 15) is 0 Å². The van der Waals surface area contributed by atoms with E-state index in [2.05, 4.69) is 42.3 Å². The van der Waals surface area contributed by atoms with Gasteiger partial charge in [-0.2, -0.15) is 0 Å². The summed E-state index contributed by atoms with van der Waals surface area (Å²) in [5.74, 6) is 6.48. The van der Waals surface area contributed by atoms with Crippen LogP contribution in [0.4, 0.5) is 0 Å². The summed E-state index contributed by atoms with van der Waals surface area (Å²) in [7, 11) is 1.65. The van der Waals surface area contributed by atoms with Crippen LogP contribution in [0.15, 0.2) is 45.6 Å². The van der Waals surface area contributed by atoms with Gasteiger partial charge in [-0.1, -0.05) is 6.07 Å². The van der Waals surface area contributed by atoms with Crippen LogP contribution in [0, 0.1) is 0 Å². The van der Waals surface area contributed by atoms with Crippen LogP contribution >= 0.6 is 31.9 Å². The molecule has 0 amide bonds. The number of hydrogen-bond acceptors (Lipinski definition) is 4. The standard InChI is InChI=1S/C14H15Br2N3O/c1-20-14-3-2-9(4-12(14)16)5-13(19-17)10-6-11(15)8-18-7-10/h2-4,6-8,13,19H,5,17H2,1H3. The molecule has 0 aliphatic carbocycles. The van der Waals surface area contributed by atoms with Gasteiger partial charge in [-0.05, 0) is 67.6 Å². The van der Waals surface area contributed by atoms with Crippen molar-refractivity contribution in [3.8, 4) is 5.75 Å². The van der Waals surface area contributed by atoms with E-state index in [1.807, 2.05) is 30.5 Å². The van der Waals surface area contributed by atoms with Gasteiger partial charge in [0.1, 0.15) is 5.75 Å². The highest BCUT2D eigenvalue weighted by atomic mass is 79.9. The van der Waals surface area contributed by atoms with Crippen LogP contribution in [-0.4, -0.2) is 12.1 Å². The number of nitrogens with zero attached hydrogens (tertiary/aromatic N) is 1. The maximum absolute atomic E-state index is 5.67. The molecule has 2 rings (SSSR count). The van der Waals surface area contributed by atoms with E-state index in [1.54, 1.807) is 13.3 Å². The molecule has 0 fully saturated rings. The number of nitrogens with one attached hydrogen (secondary N) is 1. The van der Waals surface area contributed by atoms with Crippen molar-refractivity contribution in [3.63, 3.8) is 0 Å². The molecule has 1 unspecified atom stereocenters. The molecule has 2 aromatic rings. The third-order valence-electron chi connectivity index (χ3n) is 2.99.